The Morgan fingerprint density at radius 3 is 3.08 bits per heavy atom. The first-order valence-electron chi connectivity index (χ1n) is 4.26. The SMILES string of the molecule is Cn1cnc(N2CCNCC2=O)c1. The Bertz CT molecular complexity index is 320. The molecule has 0 radical (unpaired) electrons. The lowest BCUT2D eigenvalue weighted by molar-refractivity contribution is -0.118. The van der Waals surface area contributed by atoms with Crippen LogP contribution in [-0.4, -0.2) is 35.1 Å². The van der Waals surface area contributed by atoms with Gasteiger partial charge in [0, 0.05) is 26.3 Å². The highest BCUT2D eigenvalue weighted by Crippen LogP contribution is 2.10. The van der Waals surface area contributed by atoms with Gasteiger partial charge in [-0.05, 0) is 0 Å². The molecule has 0 saturated carbocycles. The molecule has 1 aliphatic heterocycles. The van der Waals surface area contributed by atoms with Crippen LogP contribution in [0.15, 0.2) is 12.5 Å². The fourth-order valence-corrected chi connectivity index (χ4v) is 1.39. The van der Waals surface area contributed by atoms with Crippen LogP contribution in [0.25, 0.3) is 0 Å². The highest BCUT2D eigenvalue weighted by molar-refractivity contribution is 5.94. The number of hydrogen-bond donors (Lipinski definition) is 1. The Hall–Kier alpha value is -1.36. The van der Waals surface area contributed by atoms with Crippen LogP contribution in [0.5, 0.6) is 0 Å². The number of nitrogens with one attached hydrogen (secondary N) is 1. The van der Waals surface area contributed by atoms with Gasteiger partial charge in [0.2, 0.25) is 5.91 Å². The van der Waals surface area contributed by atoms with E-state index in [0.717, 1.165) is 12.4 Å². The fraction of sp³-hybridized carbons (Fsp3) is 0.500. The summed E-state index contributed by atoms with van der Waals surface area (Å²) in [6.07, 6.45) is 3.55. The normalized spacial score (nSPS) is 17.9. The maximum Gasteiger partial charge on any atom is 0.242 e. The third kappa shape index (κ3) is 1.55. The number of nitrogens with zero attached hydrogens (tertiary/aromatic N) is 3. The van der Waals surface area contributed by atoms with E-state index in [1.165, 1.54) is 0 Å². The molecule has 1 aromatic rings. The predicted octanol–water partition coefficient (Wildman–Crippen LogP) is -0.644. The summed E-state index contributed by atoms with van der Waals surface area (Å²) in [6, 6.07) is 0. The van der Waals surface area contributed by atoms with Crippen molar-refractivity contribution in [2.24, 2.45) is 7.05 Å². The molecule has 5 nitrogen and oxygen atoms in total. The summed E-state index contributed by atoms with van der Waals surface area (Å²) in [4.78, 5) is 17.3. The highest BCUT2D eigenvalue weighted by Gasteiger charge is 2.20. The summed E-state index contributed by atoms with van der Waals surface area (Å²) in [7, 11) is 1.89. The molecule has 2 heterocycles. The summed E-state index contributed by atoms with van der Waals surface area (Å²) >= 11 is 0. The maximum atomic E-state index is 11.4. The van der Waals surface area contributed by atoms with Crippen molar-refractivity contribution in [2.75, 3.05) is 24.5 Å². The van der Waals surface area contributed by atoms with Crippen LogP contribution in [0.2, 0.25) is 0 Å². The number of imidazole rings is 1. The molecule has 0 bridgehead atoms. The molecular weight excluding hydrogens is 168 g/mol. The second-order valence-corrected chi connectivity index (χ2v) is 3.12. The minimum atomic E-state index is 0.0879. The Morgan fingerprint density at radius 2 is 2.46 bits per heavy atom. The van der Waals surface area contributed by atoms with E-state index in [4.69, 9.17) is 0 Å². The molecule has 5 heteroatoms. The average Bonchev–Trinajstić information content (AvgIpc) is 2.53. The standard InChI is InChI=1S/C8H12N4O/c1-11-5-7(10-6-11)12-3-2-9-4-8(12)13/h5-6,9H,2-4H2,1H3. The van der Waals surface area contributed by atoms with Crippen molar-refractivity contribution in [3.05, 3.63) is 12.5 Å². The minimum absolute atomic E-state index is 0.0879. The molecule has 0 spiro atoms. The van der Waals surface area contributed by atoms with Crippen LogP contribution in [0.3, 0.4) is 0 Å². The third-order valence-corrected chi connectivity index (χ3v) is 2.06. The number of carbonyl (C=O) groups excluding carboxylic acids is 1. The molecule has 1 aliphatic rings. The van der Waals surface area contributed by atoms with Crippen molar-refractivity contribution < 1.29 is 4.79 Å². The fourth-order valence-electron chi connectivity index (χ4n) is 1.39. The van der Waals surface area contributed by atoms with E-state index in [9.17, 15) is 4.79 Å². The van der Waals surface area contributed by atoms with Gasteiger partial charge in [-0.1, -0.05) is 0 Å². The molecule has 70 valence electrons. The summed E-state index contributed by atoms with van der Waals surface area (Å²) in [5.41, 5.74) is 0. The van der Waals surface area contributed by atoms with Crippen molar-refractivity contribution in [1.82, 2.24) is 14.9 Å². The van der Waals surface area contributed by atoms with Crippen molar-refractivity contribution in [2.45, 2.75) is 0 Å². The van der Waals surface area contributed by atoms with Crippen LogP contribution in [-0.2, 0) is 11.8 Å². The first-order valence-corrected chi connectivity index (χ1v) is 4.26. The third-order valence-electron chi connectivity index (χ3n) is 2.06. The molecule has 1 amide bonds. The molecule has 0 aliphatic carbocycles. The number of piperazine rings is 1. The Morgan fingerprint density at radius 1 is 1.62 bits per heavy atom. The second-order valence-electron chi connectivity index (χ2n) is 3.12. The zero-order valence-electron chi connectivity index (χ0n) is 7.53. The summed E-state index contributed by atoms with van der Waals surface area (Å²) < 4.78 is 1.84. The van der Waals surface area contributed by atoms with Crippen LogP contribution in [0.1, 0.15) is 0 Å². The predicted molar refractivity (Wildman–Crippen MR) is 48.4 cm³/mol. The van der Waals surface area contributed by atoms with Gasteiger partial charge < -0.3 is 9.88 Å². The van der Waals surface area contributed by atoms with E-state index in [1.807, 2.05) is 17.8 Å². The number of carbonyl (C=O) groups is 1. The van der Waals surface area contributed by atoms with Gasteiger partial charge in [0.15, 0.2) is 5.82 Å². The number of anilines is 1. The summed E-state index contributed by atoms with van der Waals surface area (Å²) in [5, 5.41) is 3.02. The van der Waals surface area contributed by atoms with E-state index >= 15 is 0 Å². The monoisotopic (exact) mass is 180 g/mol. The second kappa shape index (κ2) is 3.18. The number of rotatable bonds is 1. The Balaban J connectivity index is 2.19. The van der Waals surface area contributed by atoms with Gasteiger partial charge in [-0.2, -0.15) is 0 Å². The molecule has 0 atom stereocenters. The number of aryl methyl sites for hydroxylation is 1. The lowest BCUT2D eigenvalue weighted by Crippen LogP contribution is -2.48. The minimum Gasteiger partial charge on any atom is -0.338 e. The topological polar surface area (TPSA) is 50.2 Å². The lowest BCUT2D eigenvalue weighted by Gasteiger charge is -2.25. The van der Waals surface area contributed by atoms with Crippen LogP contribution in [0, 0.1) is 0 Å². The van der Waals surface area contributed by atoms with Crippen LogP contribution < -0.4 is 10.2 Å². The first-order chi connectivity index (χ1) is 6.27. The van der Waals surface area contributed by atoms with E-state index in [1.54, 1.807) is 11.2 Å². The van der Waals surface area contributed by atoms with Crippen LogP contribution >= 0.6 is 0 Å². The zero-order chi connectivity index (χ0) is 9.26. The largest absolute Gasteiger partial charge is 0.338 e. The van der Waals surface area contributed by atoms with E-state index in [-0.39, 0.29) is 5.91 Å². The molecule has 13 heavy (non-hydrogen) atoms. The lowest BCUT2D eigenvalue weighted by atomic mass is 10.3. The molecule has 0 unspecified atom stereocenters. The van der Waals surface area contributed by atoms with Gasteiger partial charge in [-0.15, -0.1) is 0 Å². The van der Waals surface area contributed by atoms with E-state index in [0.29, 0.717) is 13.1 Å². The van der Waals surface area contributed by atoms with Crippen LogP contribution in [0.4, 0.5) is 5.82 Å². The summed E-state index contributed by atoms with van der Waals surface area (Å²) in [5.74, 6) is 0.832. The van der Waals surface area contributed by atoms with Gasteiger partial charge in [0.05, 0.1) is 12.9 Å². The molecule has 1 fully saturated rings. The number of amides is 1. The smallest absolute Gasteiger partial charge is 0.242 e. The Kier molecular flexibility index (Phi) is 2.02. The van der Waals surface area contributed by atoms with Crippen molar-refractivity contribution in [3.63, 3.8) is 0 Å². The molecule has 1 N–H and O–H groups in total. The number of aromatic nitrogens is 2. The molecular formula is C8H12N4O. The first kappa shape index (κ1) is 8.25. The molecule has 0 aromatic carbocycles. The molecule has 1 saturated heterocycles. The quantitative estimate of drug-likeness (QED) is 0.625. The van der Waals surface area contributed by atoms with Crippen molar-refractivity contribution >= 4 is 11.7 Å². The van der Waals surface area contributed by atoms with Gasteiger partial charge in [0.25, 0.3) is 0 Å². The van der Waals surface area contributed by atoms with Gasteiger partial charge >= 0.3 is 0 Å². The molecule has 2 rings (SSSR count). The highest BCUT2D eigenvalue weighted by atomic mass is 16.2. The summed E-state index contributed by atoms with van der Waals surface area (Å²) in [6.45, 7) is 1.95. The van der Waals surface area contributed by atoms with Gasteiger partial charge in [-0.25, -0.2) is 4.98 Å². The number of hydrogen-bond acceptors (Lipinski definition) is 3. The maximum absolute atomic E-state index is 11.4. The Labute approximate surface area is 76.4 Å². The van der Waals surface area contributed by atoms with E-state index < -0.39 is 0 Å². The van der Waals surface area contributed by atoms with Gasteiger partial charge in [0.1, 0.15) is 0 Å². The average molecular weight is 180 g/mol. The van der Waals surface area contributed by atoms with Crippen molar-refractivity contribution in [1.29, 1.82) is 0 Å². The van der Waals surface area contributed by atoms with Gasteiger partial charge in [-0.3, -0.25) is 9.69 Å². The zero-order valence-corrected chi connectivity index (χ0v) is 7.53. The molecule has 1 aromatic heterocycles. The van der Waals surface area contributed by atoms with E-state index in [2.05, 4.69) is 10.3 Å². The van der Waals surface area contributed by atoms with Crippen molar-refractivity contribution in [3.8, 4) is 0 Å².